The number of nitriles is 1. The van der Waals surface area contributed by atoms with Gasteiger partial charge in [0.2, 0.25) is 0 Å². The Kier molecular flexibility index (Phi) is 7.94. The number of hydrogen-bond donors (Lipinski definition) is 2. The highest BCUT2D eigenvalue weighted by molar-refractivity contribution is 5.98. The number of nitrogens with zero attached hydrogens (tertiary/aromatic N) is 6. The molecule has 2 atom stereocenters. The van der Waals surface area contributed by atoms with Crippen molar-refractivity contribution in [2.24, 2.45) is 11.7 Å². The van der Waals surface area contributed by atoms with Crippen LogP contribution < -0.4 is 20.9 Å². The summed E-state index contributed by atoms with van der Waals surface area (Å²) in [5, 5.41) is 12.6. The lowest BCUT2D eigenvalue weighted by molar-refractivity contribution is 0.100. The molecule has 3 aromatic rings. The van der Waals surface area contributed by atoms with Crippen LogP contribution in [0.1, 0.15) is 40.5 Å². The minimum absolute atomic E-state index is 0.177. The molecular formula is C30H36N8O. The first-order chi connectivity index (χ1) is 18.9. The van der Waals surface area contributed by atoms with Crippen molar-refractivity contribution in [1.29, 1.82) is 5.26 Å². The Morgan fingerprint density at radius 1 is 1.05 bits per heavy atom. The molecule has 2 aromatic heterocycles. The van der Waals surface area contributed by atoms with Gasteiger partial charge in [0.1, 0.15) is 11.9 Å². The van der Waals surface area contributed by atoms with Crippen molar-refractivity contribution < 1.29 is 4.79 Å². The average Bonchev–Trinajstić information content (AvgIpc) is 2.95. The Morgan fingerprint density at radius 3 is 2.46 bits per heavy atom. The van der Waals surface area contributed by atoms with E-state index in [-0.39, 0.29) is 6.04 Å². The van der Waals surface area contributed by atoms with Gasteiger partial charge >= 0.3 is 0 Å². The monoisotopic (exact) mass is 524 g/mol. The van der Waals surface area contributed by atoms with Crippen LogP contribution in [0.5, 0.6) is 0 Å². The number of hydrogen-bond acceptors (Lipinski definition) is 8. The van der Waals surface area contributed by atoms with E-state index in [0.29, 0.717) is 23.5 Å². The topological polar surface area (TPSA) is 114 Å². The predicted molar refractivity (Wildman–Crippen MR) is 154 cm³/mol. The van der Waals surface area contributed by atoms with E-state index >= 15 is 0 Å². The number of amides is 1. The standard InChI is InChI=1S/C30H36N8O/c1-21-20-38(29-8-5-23(17-31)18-34-29)10-9-27(21)35-28-16-24(33-19-26(28)30(32)39)15-22-3-6-25(7-4-22)37-13-11-36(2)12-14-37/h3-8,16,18-19,21,27H,9-15,20H2,1-2H3,(H2,32,39)(H,33,35)/t21-,27+/m0/s1. The van der Waals surface area contributed by atoms with Crippen molar-refractivity contribution in [3.63, 3.8) is 0 Å². The molecule has 0 spiro atoms. The Balaban J connectivity index is 1.25. The van der Waals surface area contributed by atoms with Crippen LogP contribution >= 0.6 is 0 Å². The molecular weight excluding hydrogens is 488 g/mol. The molecule has 0 aliphatic carbocycles. The van der Waals surface area contributed by atoms with Gasteiger partial charge in [0.05, 0.1) is 16.8 Å². The van der Waals surface area contributed by atoms with Crippen LogP contribution in [0.2, 0.25) is 0 Å². The van der Waals surface area contributed by atoms with E-state index in [2.05, 4.69) is 74.3 Å². The van der Waals surface area contributed by atoms with Crippen molar-refractivity contribution in [2.75, 3.05) is 61.4 Å². The van der Waals surface area contributed by atoms with E-state index in [1.165, 1.54) is 11.3 Å². The summed E-state index contributed by atoms with van der Waals surface area (Å²) < 4.78 is 0. The third kappa shape index (κ3) is 6.29. The molecule has 4 heterocycles. The third-order valence-corrected chi connectivity index (χ3v) is 7.86. The smallest absolute Gasteiger partial charge is 0.252 e. The normalized spacial score (nSPS) is 19.9. The minimum atomic E-state index is -0.486. The fraction of sp³-hybridized carbons (Fsp3) is 0.400. The van der Waals surface area contributed by atoms with Gasteiger partial charge in [-0.25, -0.2) is 4.98 Å². The van der Waals surface area contributed by atoms with Crippen LogP contribution in [0.25, 0.3) is 0 Å². The van der Waals surface area contributed by atoms with E-state index in [4.69, 9.17) is 11.0 Å². The highest BCUT2D eigenvalue weighted by Gasteiger charge is 2.28. The number of rotatable bonds is 7. The Hall–Kier alpha value is -4.16. The highest BCUT2D eigenvalue weighted by Crippen LogP contribution is 2.27. The number of likely N-dealkylation sites (N-methyl/N-ethyl adjacent to an activating group) is 1. The van der Waals surface area contributed by atoms with Gasteiger partial charge in [-0.2, -0.15) is 5.26 Å². The quantitative estimate of drug-likeness (QED) is 0.485. The second-order valence-electron chi connectivity index (χ2n) is 10.7. The molecule has 1 amide bonds. The van der Waals surface area contributed by atoms with E-state index in [1.807, 2.05) is 12.1 Å². The SMILES string of the molecule is C[C@H]1CN(c2ccc(C#N)cn2)CC[C@H]1Nc1cc(Cc2ccc(N3CCN(C)CC3)cc2)ncc1C(N)=O. The maximum atomic E-state index is 12.2. The number of pyridine rings is 2. The van der Waals surface area contributed by atoms with Crippen LogP contribution in [-0.2, 0) is 6.42 Å². The lowest BCUT2D eigenvalue weighted by Gasteiger charge is -2.38. The van der Waals surface area contributed by atoms with E-state index < -0.39 is 5.91 Å². The van der Waals surface area contributed by atoms with Crippen LogP contribution in [-0.4, -0.2) is 73.1 Å². The van der Waals surface area contributed by atoms with Crippen LogP contribution in [0.15, 0.2) is 54.9 Å². The van der Waals surface area contributed by atoms with E-state index in [9.17, 15) is 4.79 Å². The maximum absolute atomic E-state index is 12.2. The van der Waals surface area contributed by atoms with E-state index in [0.717, 1.165) is 62.9 Å². The lowest BCUT2D eigenvalue weighted by Crippen LogP contribution is -2.45. The zero-order chi connectivity index (χ0) is 27.4. The summed E-state index contributed by atoms with van der Waals surface area (Å²) in [6.07, 6.45) is 4.77. The second kappa shape index (κ2) is 11.7. The number of piperazine rings is 1. The van der Waals surface area contributed by atoms with Crippen LogP contribution in [0, 0.1) is 17.2 Å². The van der Waals surface area contributed by atoms with Gasteiger partial charge in [-0.1, -0.05) is 19.1 Å². The summed E-state index contributed by atoms with van der Waals surface area (Å²) in [6.45, 7) is 8.09. The molecule has 0 radical (unpaired) electrons. The molecule has 9 nitrogen and oxygen atoms in total. The van der Waals surface area contributed by atoms with Gasteiger partial charge in [0.25, 0.3) is 5.91 Å². The molecule has 5 rings (SSSR count). The molecule has 39 heavy (non-hydrogen) atoms. The number of nitrogens with one attached hydrogen (secondary N) is 1. The summed E-state index contributed by atoms with van der Waals surface area (Å²) in [4.78, 5) is 28.2. The first-order valence-electron chi connectivity index (χ1n) is 13.6. The van der Waals surface area contributed by atoms with Crippen LogP contribution in [0.3, 0.4) is 0 Å². The summed E-state index contributed by atoms with van der Waals surface area (Å²) >= 11 is 0. The Labute approximate surface area is 230 Å². The van der Waals surface area contributed by atoms with Gasteiger partial charge in [0.15, 0.2) is 0 Å². The van der Waals surface area contributed by atoms with Crippen molar-refractivity contribution >= 4 is 23.1 Å². The number of carbonyl (C=O) groups excluding carboxylic acids is 1. The largest absolute Gasteiger partial charge is 0.381 e. The molecule has 2 saturated heterocycles. The molecule has 2 fully saturated rings. The summed E-state index contributed by atoms with van der Waals surface area (Å²) in [6, 6.07) is 16.7. The first kappa shape index (κ1) is 26.4. The number of primary amides is 1. The van der Waals surface area contributed by atoms with Crippen molar-refractivity contribution in [1.82, 2.24) is 14.9 Å². The molecule has 0 unspecified atom stereocenters. The highest BCUT2D eigenvalue weighted by atomic mass is 16.1. The van der Waals surface area contributed by atoms with Gasteiger partial charge in [0, 0.05) is 75.5 Å². The number of nitrogens with two attached hydrogens (primary N) is 1. The number of anilines is 3. The summed E-state index contributed by atoms with van der Waals surface area (Å²) in [7, 11) is 2.17. The summed E-state index contributed by atoms with van der Waals surface area (Å²) in [5.41, 5.74) is 10.7. The molecule has 3 N–H and O–H groups in total. The van der Waals surface area contributed by atoms with Gasteiger partial charge < -0.3 is 25.8 Å². The molecule has 2 aliphatic heterocycles. The summed E-state index contributed by atoms with van der Waals surface area (Å²) in [5.74, 6) is 0.692. The number of aromatic nitrogens is 2. The van der Waals surface area contributed by atoms with Crippen molar-refractivity contribution in [3.05, 3.63) is 77.2 Å². The van der Waals surface area contributed by atoms with Crippen LogP contribution in [0.4, 0.5) is 17.2 Å². The average molecular weight is 525 g/mol. The molecule has 202 valence electrons. The molecule has 1 aromatic carbocycles. The Bertz CT molecular complexity index is 1330. The maximum Gasteiger partial charge on any atom is 0.252 e. The van der Waals surface area contributed by atoms with Gasteiger partial charge in [-0.15, -0.1) is 0 Å². The molecule has 9 heteroatoms. The minimum Gasteiger partial charge on any atom is -0.381 e. The number of carbonyl (C=O) groups is 1. The van der Waals surface area contributed by atoms with Crippen molar-refractivity contribution in [2.45, 2.75) is 25.8 Å². The fourth-order valence-electron chi connectivity index (χ4n) is 5.42. The lowest BCUT2D eigenvalue weighted by atomic mass is 9.93. The zero-order valence-electron chi connectivity index (χ0n) is 22.7. The Morgan fingerprint density at radius 2 is 1.82 bits per heavy atom. The van der Waals surface area contributed by atoms with Crippen molar-refractivity contribution in [3.8, 4) is 6.07 Å². The van der Waals surface area contributed by atoms with Gasteiger partial charge in [-0.3, -0.25) is 9.78 Å². The predicted octanol–water partition coefficient (Wildman–Crippen LogP) is 3.12. The first-order valence-corrected chi connectivity index (χ1v) is 13.6. The zero-order valence-corrected chi connectivity index (χ0v) is 22.7. The van der Waals surface area contributed by atoms with Gasteiger partial charge in [-0.05, 0) is 55.3 Å². The fourth-order valence-corrected chi connectivity index (χ4v) is 5.42. The number of benzene rings is 1. The number of piperidine rings is 1. The molecule has 0 saturated carbocycles. The molecule has 2 aliphatic rings. The van der Waals surface area contributed by atoms with E-state index in [1.54, 1.807) is 18.5 Å². The second-order valence-corrected chi connectivity index (χ2v) is 10.7. The molecule has 0 bridgehead atoms. The third-order valence-electron chi connectivity index (χ3n) is 7.86.